The Bertz CT molecular complexity index is 1210. The highest BCUT2D eigenvalue weighted by Gasteiger charge is 2.20. The van der Waals surface area contributed by atoms with Crippen LogP contribution in [0.5, 0.6) is 5.75 Å². The van der Waals surface area contributed by atoms with Gasteiger partial charge in [0.1, 0.15) is 11.6 Å². The number of hydrogen-bond donors (Lipinski definition) is 1. The number of fused-ring (bicyclic) bond motifs is 1. The van der Waals surface area contributed by atoms with Crippen LogP contribution in [0, 0.1) is 13.8 Å². The van der Waals surface area contributed by atoms with Crippen LogP contribution in [-0.4, -0.2) is 22.1 Å². The van der Waals surface area contributed by atoms with Crippen LogP contribution >= 0.6 is 11.6 Å². The number of imidazole rings is 1. The first-order valence-corrected chi connectivity index (χ1v) is 11.0. The predicted octanol–water partition coefficient (Wildman–Crippen LogP) is 5.86. The van der Waals surface area contributed by atoms with Crippen molar-refractivity contribution in [1.82, 2.24) is 14.9 Å². The lowest BCUT2D eigenvalue weighted by Crippen LogP contribution is -2.28. The molecule has 1 unspecified atom stereocenters. The minimum absolute atomic E-state index is 0.266. The van der Waals surface area contributed by atoms with Gasteiger partial charge in [0, 0.05) is 11.6 Å². The molecule has 1 atom stereocenters. The number of hydrogen-bond acceptors (Lipinski definition) is 4. The zero-order chi connectivity index (χ0) is 22.7. The van der Waals surface area contributed by atoms with E-state index >= 15 is 0 Å². The molecule has 2 aromatic carbocycles. The molecule has 7 heteroatoms. The standard InChI is InChI=1S/C25H26ClN3O3/c1-16-14-19(15-17(2)23(16)26)31-13-7-11-29-21-9-5-4-8-20(21)28-24(29)18(3)27-25(30)22-10-6-12-32-22/h4-6,8-10,12,14-15,18H,7,11,13H2,1-3H3,(H,27,30). The third-order valence-electron chi connectivity index (χ3n) is 5.37. The molecule has 0 bridgehead atoms. The molecule has 0 radical (unpaired) electrons. The number of nitrogens with one attached hydrogen (secondary N) is 1. The second kappa shape index (κ2) is 9.49. The Morgan fingerprint density at radius 3 is 2.66 bits per heavy atom. The first-order chi connectivity index (χ1) is 15.4. The summed E-state index contributed by atoms with van der Waals surface area (Å²) in [5, 5.41) is 3.75. The number of ether oxygens (including phenoxy) is 1. The van der Waals surface area contributed by atoms with Gasteiger partial charge < -0.3 is 19.0 Å². The maximum absolute atomic E-state index is 12.4. The third kappa shape index (κ3) is 4.65. The summed E-state index contributed by atoms with van der Waals surface area (Å²) < 4.78 is 13.3. The highest BCUT2D eigenvalue weighted by atomic mass is 35.5. The number of amides is 1. The molecule has 0 saturated carbocycles. The topological polar surface area (TPSA) is 69.3 Å². The van der Waals surface area contributed by atoms with Crippen molar-refractivity contribution in [3.63, 3.8) is 0 Å². The van der Waals surface area contributed by atoms with Gasteiger partial charge in [0.15, 0.2) is 5.76 Å². The van der Waals surface area contributed by atoms with E-state index in [1.54, 1.807) is 12.1 Å². The molecule has 166 valence electrons. The van der Waals surface area contributed by atoms with E-state index in [0.717, 1.165) is 45.2 Å². The molecule has 0 aliphatic carbocycles. The summed E-state index contributed by atoms with van der Waals surface area (Å²) in [6, 6.07) is 14.9. The van der Waals surface area contributed by atoms with Crippen molar-refractivity contribution >= 4 is 28.5 Å². The van der Waals surface area contributed by atoms with Crippen molar-refractivity contribution in [2.75, 3.05) is 6.61 Å². The largest absolute Gasteiger partial charge is 0.494 e. The van der Waals surface area contributed by atoms with Crippen LogP contribution in [0.4, 0.5) is 0 Å². The lowest BCUT2D eigenvalue weighted by atomic mass is 10.1. The second-order valence-corrected chi connectivity index (χ2v) is 8.23. The zero-order valence-corrected chi connectivity index (χ0v) is 19.1. The number of para-hydroxylation sites is 2. The number of aryl methyl sites for hydroxylation is 3. The van der Waals surface area contributed by atoms with Gasteiger partial charge in [-0.1, -0.05) is 23.7 Å². The van der Waals surface area contributed by atoms with Gasteiger partial charge in [-0.05, 0) is 74.7 Å². The second-order valence-electron chi connectivity index (χ2n) is 7.86. The normalized spacial score (nSPS) is 12.1. The molecule has 6 nitrogen and oxygen atoms in total. The summed E-state index contributed by atoms with van der Waals surface area (Å²) in [6.45, 7) is 7.14. The minimum atomic E-state index is -0.289. The number of halogens is 1. The maximum Gasteiger partial charge on any atom is 0.287 e. The van der Waals surface area contributed by atoms with Crippen molar-refractivity contribution in [3.8, 4) is 5.75 Å². The first kappa shape index (κ1) is 22.0. The number of aromatic nitrogens is 2. The Kier molecular flexibility index (Phi) is 6.51. The van der Waals surface area contributed by atoms with E-state index in [0.29, 0.717) is 13.2 Å². The summed E-state index contributed by atoms with van der Waals surface area (Å²) in [6.07, 6.45) is 2.27. The van der Waals surface area contributed by atoms with E-state index in [1.165, 1.54) is 6.26 Å². The monoisotopic (exact) mass is 451 g/mol. The lowest BCUT2D eigenvalue weighted by Gasteiger charge is -2.16. The summed E-state index contributed by atoms with van der Waals surface area (Å²) in [5.41, 5.74) is 3.93. The summed E-state index contributed by atoms with van der Waals surface area (Å²) in [5.74, 6) is 1.63. The van der Waals surface area contributed by atoms with E-state index in [4.69, 9.17) is 25.7 Å². The van der Waals surface area contributed by atoms with Crippen molar-refractivity contribution in [3.05, 3.63) is 82.5 Å². The minimum Gasteiger partial charge on any atom is -0.494 e. The van der Waals surface area contributed by atoms with Gasteiger partial charge >= 0.3 is 0 Å². The number of nitrogens with zero attached hydrogens (tertiary/aromatic N) is 2. The van der Waals surface area contributed by atoms with Crippen LogP contribution in [0.1, 0.15) is 46.9 Å². The van der Waals surface area contributed by atoms with E-state index in [9.17, 15) is 4.79 Å². The van der Waals surface area contributed by atoms with E-state index in [2.05, 4.69) is 9.88 Å². The van der Waals surface area contributed by atoms with Crippen LogP contribution in [0.2, 0.25) is 5.02 Å². The van der Waals surface area contributed by atoms with Gasteiger partial charge in [0.05, 0.1) is 29.9 Å². The van der Waals surface area contributed by atoms with E-state index < -0.39 is 0 Å². The molecule has 0 saturated heterocycles. The number of carbonyl (C=O) groups excluding carboxylic acids is 1. The molecule has 1 N–H and O–H groups in total. The highest BCUT2D eigenvalue weighted by Crippen LogP contribution is 2.26. The molecule has 1 amide bonds. The Balaban J connectivity index is 1.47. The number of carbonyl (C=O) groups is 1. The average molecular weight is 452 g/mol. The highest BCUT2D eigenvalue weighted by molar-refractivity contribution is 6.32. The van der Waals surface area contributed by atoms with E-state index in [1.807, 2.05) is 57.2 Å². The average Bonchev–Trinajstić information content (AvgIpc) is 3.43. The van der Waals surface area contributed by atoms with Crippen LogP contribution in [0.3, 0.4) is 0 Å². The molecular formula is C25H26ClN3O3. The molecule has 2 heterocycles. The molecule has 4 aromatic rings. The quantitative estimate of drug-likeness (QED) is 0.340. The number of rotatable bonds is 8. The first-order valence-electron chi connectivity index (χ1n) is 10.6. The molecule has 0 fully saturated rings. The molecular weight excluding hydrogens is 426 g/mol. The molecule has 4 rings (SSSR count). The van der Waals surface area contributed by atoms with Gasteiger partial charge in [-0.15, -0.1) is 0 Å². The Hall–Kier alpha value is -3.25. The van der Waals surface area contributed by atoms with Gasteiger partial charge in [-0.2, -0.15) is 0 Å². The summed E-state index contributed by atoms with van der Waals surface area (Å²) >= 11 is 6.25. The summed E-state index contributed by atoms with van der Waals surface area (Å²) in [4.78, 5) is 17.2. The fourth-order valence-electron chi connectivity index (χ4n) is 3.80. The fourth-order valence-corrected chi connectivity index (χ4v) is 3.91. The van der Waals surface area contributed by atoms with Crippen LogP contribution in [0.15, 0.2) is 59.2 Å². The van der Waals surface area contributed by atoms with Gasteiger partial charge in [0.25, 0.3) is 5.91 Å². The summed E-state index contributed by atoms with van der Waals surface area (Å²) in [7, 11) is 0. The van der Waals surface area contributed by atoms with Gasteiger partial charge in [-0.25, -0.2) is 4.98 Å². The van der Waals surface area contributed by atoms with Gasteiger partial charge in [0.2, 0.25) is 0 Å². The molecule has 0 aliphatic rings. The fraction of sp³-hybridized carbons (Fsp3) is 0.280. The Morgan fingerprint density at radius 1 is 1.19 bits per heavy atom. The molecule has 0 spiro atoms. The lowest BCUT2D eigenvalue weighted by molar-refractivity contribution is 0.0909. The smallest absolute Gasteiger partial charge is 0.287 e. The third-order valence-corrected chi connectivity index (χ3v) is 5.96. The Morgan fingerprint density at radius 2 is 1.94 bits per heavy atom. The molecule has 32 heavy (non-hydrogen) atoms. The number of benzene rings is 2. The van der Waals surface area contributed by atoms with Crippen molar-refractivity contribution < 1.29 is 13.9 Å². The van der Waals surface area contributed by atoms with Crippen molar-refractivity contribution in [2.24, 2.45) is 0 Å². The zero-order valence-electron chi connectivity index (χ0n) is 18.4. The molecule has 0 aliphatic heterocycles. The predicted molar refractivity (Wildman–Crippen MR) is 125 cm³/mol. The Labute approximate surface area is 192 Å². The SMILES string of the molecule is Cc1cc(OCCCn2c(C(C)NC(=O)c3ccco3)nc3ccccc32)cc(C)c1Cl. The maximum atomic E-state index is 12.4. The van der Waals surface area contributed by atoms with E-state index in [-0.39, 0.29) is 17.7 Å². The van der Waals surface area contributed by atoms with Crippen LogP contribution in [-0.2, 0) is 6.54 Å². The van der Waals surface area contributed by atoms with Crippen molar-refractivity contribution in [2.45, 2.75) is 39.8 Å². The van der Waals surface area contributed by atoms with Crippen LogP contribution in [0.25, 0.3) is 11.0 Å². The van der Waals surface area contributed by atoms with Crippen LogP contribution < -0.4 is 10.1 Å². The van der Waals surface area contributed by atoms with Crippen molar-refractivity contribution in [1.29, 1.82) is 0 Å². The molecule has 2 aromatic heterocycles. The van der Waals surface area contributed by atoms with Gasteiger partial charge in [-0.3, -0.25) is 4.79 Å². The number of furan rings is 1.